The molecule has 2 rings (SSSR count). The zero-order chi connectivity index (χ0) is 17.9. The number of methoxy groups -OCH3 is 1. The summed E-state index contributed by atoms with van der Waals surface area (Å²) in [5, 5.41) is 18.3. The molecule has 2 N–H and O–H groups in total. The normalized spacial score (nSPS) is 16.1. The van der Waals surface area contributed by atoms with Crippen molar-refractivity contribution in [2.45, 2.75) is 19.8 Å². The van der Waals surface area contributed by atoms with E-state index < -0.39 is 5.97 Å². The second kappa shape index (κ2) is 7.67. The van der Waals surface area contributed by atoms with Crippen LogP contribution in [-0.4, -0.2) is 45.0 Å². The Bertz CT molecular complexity index is 729. The number of ether oxygens (including phenoxy) is 1. The number of phenols is 1. The second-order valence-electron chi connectivity index (χ2n) is 5.21. The number of carbonyl (C=O) groups excluding carboxylic acids is 1. The summed E-state index contributed by atoms with van der Waals surface area (Å²) in [7, 11) is 1.49. The molecule has 1 aromatic rings. The maximum absolute atomic E-state index is 12.5. The summed E-state index contributed by atoms with van der Waals surface area (Å²) >= 11 is 6.38. The lowest BCUT2D eigenvalue weighted by molar-refractivity contribution is -0.137. The maximum atomic E-state index is 12.5. The van der Waals surface area contributed by atoms with Gasteiger partial charge in [0.15, 0.2) is 0 Å². The summed E-state index contributed by atoms with van der Waals surface area (Å²) in [4.78, 5) is 24.9. The van der Waals surface area contributed by atoms with Crippen LogP contribution in [0.2, 0.25) is 0 Å². The number of carbonyl (C=O) groups is 2. The largest absolute Gasteiger partial charge is 0.508 e. The molecular weight excluding hydrogens is 350 g/mol. The molecule has 1 aromatic carbocycles. The number of aryl methyl sites for hydroxylation is 1. The van der Waals surface area contributed by atoms with Crippen LogP contribution in [0.15, 0.2) is 17.0 Å². The molecule has 0 bridgehead atoms. The van der Waals surface area contributed by atoms with E-state index in [1.807, 2.05) is 6.92 Å². The monoisotopic (exact) mass is 367 g/mol. The Labute approximate surface area is 149 Å². The van der Waals surface area contributed by atoms with E-state index in [9.17, 15) is 14.7 Å². The van der Waals surface area contributed by atoms with Gasteiger partial charge < -0.3 is 14.9 Å². The quantitative estimate of drug-likeness (QED) is 0.590. The molecule has 1 aliphatic rings. The molecule has 1 aliphatic heterocycles. The van der Waals surface area contributed by atoms with Crippen molar-refractivity contribution in [3.05, 3.63) is 28.2 Å². The highest BCUT2D eigenvalue weighted by Crippen LogP contribution is 2.36. The van der Waals surface area contributed by atoms with E-state index in [1.54, 1.807) is 12.1 Å². The van der Waals surface area contributed by atoms with E-state index in [0.717, 1.165) is 5.56 Å². The van der Waals surface area contributed by atoms with Gasteiger partial charge >= 0.3 is 5.97 Å². The van der Waals surface area contributed by atoms with Crippen molar-refractivity contribution in [3.63, 3.8) is 0 Å². The van der Waals surface area contributed by atoms with Gasteiger partial charge in [0.1, 0.15) is 15.8 Å². The van der Waals surface area contributed by atoms with Crippen LogP contribution >= 0.6 is 24.0 Å². The third-order valence-corrected chi connectivity index (χ3v) is 4.85. The van der Waals surface area contributed by atoms with Gasteiger partial charge in [-0.2, -0.15) is 0 Å². The number of nitrogens with zero attached hydrogens (tertiary/aromatic N) is 1. The van der Waals surface area contributed by atoms with Gasteiger partial charge in [0.05, 0.1) is 12.0 Å². The molecule has 1 amide bonds. The summed E-state index contributed by atoms with van der Waals surface area (Å²) in [6.07, 6.45) is 2.02. The topological polar surface area (TPSA) is 87.1 Å². The SMILES string of the molecule is COc1cc(O)cc(C)c1C=C1SC(=S)N(CCCC(=O)O)C1=O. The first-order valence-electron chi connectivity index (χ1n) is 7.18. The number of thioether (sulfide) groups is 1. The molecule has 0 saturated carbocycles. The predicted octanol–water partition coefficient (Wildman–Crippen LogP) is 2.78. The lowest BCUT2D eigenvalue weighted by Crippen LogP contribution is -2.29. The molecule has 1 heterocycles. The number of aromatic hydroxyl groups is 1. The average molecular weight is 367 g/mol. The number of thiocarbonyl (C=S) groups is 1. The minimum absolute atomic E-state index is 0.0129. The van der Waals surface area contributed by atoms with Crippen LogP contribution in [0, 0.1) is 6.92 Å². The molecule has 128 valence electrons. The van der Waals surface area contributed by atoms with E-state index >= 15 is 0 Å². The van der Waals surface area contributed by atoms with E-state index in [1.165, 1.54) is 29.8 Å². The van der Waals surface area contributed by atoms with Gasteiger partial charge in [0, 0.05) is 24.6 Å². The third kappa shape index (κ3) is 4.07. The van der Waals surface area contributed by atoms with E-state index in [0.29, 0.717) is 27.0 Å². The van der Waals surface area contributed by atoms with Crippen molar-refractivity contribution >= 4 is 46.3 Å². The number of aliphatic carboxylic acids is 1. The number of phenolic OH excluding ortho intramolecular Hbond substituents is 1. The maximum Gasteiger partial charge on any atom is 0.303 e. The minimum Gasteiger partial charge on any atom is -0.508 e. The fraction of sp³-hybridized carbons (Fsp3) is 0.312. The van der Waals surface area contributed by atoms with Crippen molar-refractivity contribution in [1.29, 1.82) is 0 Å². The fourth-order valence-corrected chi connectivity index (χ4v) is 3.60. The summed E-state index contributed by atoms with van der Waals surface area (Å²) in [5.74, 6) is -0.600. The van der Waals surface area contributed by atoms with Crippen molar-refractivity contribution in [3.8, 4) is 11.5 Å². The van der Waals surface area contributed by atoms with Crippen LogP contribution in [0.5, 0.6) is 11.5 Å². The predicted molar refractivity (Wildman–Crippen MR) is 96.1 cm³/mol. The number of hydrogen-bond acceptors (Lipinski definition) is 6. The Morgan fingerprint density at radius 2 is 2.17 bits per heavy atom. The summed E-state index contributed by atoms with van der Waals surface area (Å²) in [6.45, 7) is 2.08. The molecule has 0 atom stereocenters. The van der Waals surface area contributed by atoms with Gasteiger partial charge in [-0.1, -0.05) is 24.0 Å². The van der Waals surface area contributed by atoms with Crippen molar-refractivity contribution in [2.24, 2.45) is 0 Å². The molecule has 8 heteroatoms. The highest BCUT2D eigenvalue weighted by molar-refractivity contribution is 8.26. The molecule has 6 nitrogen and oxygen atoms in total. The van der Waals surface area contributed by atoms with E-state index in [-0.39, 0.29) is 24.6 Å². The summed E-state index contributed by atoms with van der Waals surface area (Å²) < 4.78 is 5.67. The molecule has 0 aromatic heterocycles. The molecule has 0 radical (unpaired) electrons. The molecule has 0 aliphatic carbocycles. The first kappa shape index (κ1) is 18.3. The summed E-state index contributed by atoms with van der Waals surface area (Å²) in [6, 6.07) is 3.06. The van der Waals surface area contributed by atoms with Gasteiger partial charge in [0.2, 0.25) is 0 Å². The molecule has 0 unspecified atom stereocenters. The van der Waals surface area contributed by atoms with Crippen molar-refractivity contribution in [2.75, 3.05) is 13.7 Å². The Kier molecular flexibility index (Phi) is 5.84. The summed E-state index contributed by atoms with van der Waals surface area (Å²) in [5.41, 5.74) is 1.46. The Balaban J connectivity index is 2.24. The number of amides is 1. The molecule has 1 fully saturated rings. The van der Waals surface area contributed by atoms with Crippen LogP contribution in [-0.2, 0) is 9.59 Å². The number of benzene rings is 1. The van der Waals surface area contributed by atoms with Gasteiger partial charge in [-0.05, 0) is 31.1 Å². The van der Waals surface area contributed by atoms with Crippen LogP contribution in [0.1, 0.15) is 24.0 Å². The second-order valence-corrected chi connectivity index (χ2v) is 6.89. The lowest BCUT2D eigenvalue weighted by atomic mass is 10.1. The van der Waals surface area contributed by atoms with Crippen LogP contribution in [0.4, 0.5) is 0 Å². The van der Waals surface area contributed by atoms with Crippen LogP contribution < -0.4 is 4.74 Å². The highest BCUT2D eigenvalue weighted by atomic mass is 32.2. The van der Waals surface area contributed by atoms with Crippen LogP contribution in [0.25, 0.3) is 6.08 Å². The smallest absolute Gasteiger partial charge is 0.303 e. The minimum atomic E-state index is -0.902. The zero-order valence-electron chi connectivity index (χ0n) is 13.2. The van der Waals surface area contributed by atoms with Gasteiger partial charge in [-0.3, -0.25) is 14.5 Å². The van der Waals surface area contributed by atoms with Crippen molar-refractivity contribution < 1.29 is 24.5 Å². The fourth-order valence-electron chi connectivity index (χ4n) is 2.31. The van der Waals surface area contributed by atoms with Gasteiger partial charge in [-0.25, -0.2) is 0 Å². The Hall–Kier alpha value is -2.06. The zero-order valence-corrected chi connectivity index (χ0v) is 14.9. The van der Waals surface area contributed by atoms with Gasteiger partial charge in [-0.15, -0.1) is 0 Å². The number of carboxylic acids is 1. The van der Waals surface area contributed by atoms with Crippen molar-refractivity contribution in [1.82, 2.24) is 4.90 Å². The van der Waals surface area contributed by atoms with Gasteiger partial charge in [0.25, 0.3) is 5.91 Å². The van der Waals surface area contributed by atoms with E-state index in [4.69, 9.17) is 22.1 Å². The standard InChI is InChI=1S/C16H17NO5S2/c1-9-6-10(18)7-12(22-2)11(9)8-13-15(21)17(16(23)24-13)5-3-4-14(19)20/h6-8,18H,3-5H2,1-2H3,(H,19,20). The Morgan fingerprint density at radius 3 is 2.79 bits per heavy atom. The Morgan fingerprint density at radius 1 is 1.46 bits per heavy atom. The molecule has 0 spiro atoms. The molecule has 24 heavy (non-hydrogen) atoms. The highest BCUT2D eigenvalue weighted by Gasteiger charge is 2.32. The first-order chi connectivity index (χ1) is 11.3. The number of rotatable bonds is 6. The lowest BCUT2D eigenvalue weighted by Gasteiger charge is -2.13. The first-order valence-corrected chi connectivity index (χ1v) is 8.40. The van der Waals surface area contributed by atoms with Crippen LogP contribution in [0.3, 0.4) is 0 Å². The molecular formula is C16H17NO5S2. The number of hydrogen-bond donors (Lipinski definition) is 2. The number of carboxylic acid groups (broad SMARTS) is 1. The average Bonchev–Trinajstić information content (AvgIpc) is 2.76. The third-order valence-electron chi connectivity index (χ3n) is 3.47. The van der Waals surface area contributed by atoms with E-state index in [2.05, 4.69) is 0 Å². The molecule has 1 saturated heterocycles.